The number of anilines is 1. The Balaban J connectivity index is 1.56. The second-order valence-corrected chi connectivity index (χ2v) is 10.8. The van der Waals surface area contributed by atoms with Crippen LogP contribution >= 0.6 is 11.3 Å². The van der Waals surface area contributed by atoms with Crippen LogP contribution in [0.25, 0.3) is 10.2 Å². The highest BCUT2D eigenvalue weighted by atomic mass is 32.2. The number of aryl methyl sites for hydroxylation is 2. The summed E-state index contributed by atoms with van der Waals surface area (Å²) in [5.74, 6) is 2.58. The maximum atomic E-state index is 11.8. The summed E-state index contributed by atoms with van der Waals surface area (Å²) in [6.45, 7) is 2.48. The Morgan fingerprint density at radius 2 is 1.77 bits per heavy atom. The van der Waals surface area contributed by atoms with E-state index in [1.165, 1.54) is 47.8 Å². The lowest BCUT2D eigenvalue weighted by Crippen LogP contribution is -2.48. The zero-order valence-electron chi connectivity index (χ0n) is 15.1. The van der Waals surface area contributed by atoms with Crippen LogP contribution in [-0.4, -0.2) is 55.1 Å². The summed E-state index contributed by atoms with van der Waals surface area (Å²) in [5.41, 5.74) is 1.46. The van der Waals surface area contributed by atoms with Crippen molar-refractivity contribution in [2.75, 3.05) is 37.3 Å². The molecule has 0 atom stereocenters. The fourth-order valence-electron chi connectivity index (χ4n) is 4.14. The Hall–Kier alpha value is -1.25. The minimum Gasteiger partial charge on any atom is -0.353 e. The molecular formula is C18H24N4O2S2. The van der Waals surface area contributed by atoms with Crippen molar-refractivity contribution in [1.29, 1.82) is 0 Å². The van der Waals surface area contributed by atoms with E-state index in [1.54, 1.807) is 4.31 Å². The fourth-order valence-corrected chi connectivity index (χ4v) is 6.23. The lowest BCUT2D eigenvalue weighted by atomic mass is 9.97. The average Bonchev–Trinajstić information content (AvgIpc) is 3.41. The van der Waals surface area contributed by atoms with E-state index in [4.69, 9.17) is 9.97 Å². The van der Waals surface area contributed by atoms with Gasteiger partial charge in [-0.25, -0.2) is 18.4 Å². The first kappa shape index (κ1) is 16.9. The molecule has 3 heterocycles. The van der Waals surface area contributed by atoms with Crippen LogP contribution in [0.1, 0.15) is 47.9 Å². The van der Waals surface area contributed by atoms with Crippen LogP contribution in [0.5, 0.6) is 0 Å². The van der Waals surface area contributed by atoms with Gasteiger partial charge in [-0.2, -0.15) is 4.31 Å². The lowest BCUT2D eigenvalue weighted by Gasteiger charge is -2.34. The number of rotatable bonds is 3. The van der Waals surface area contributed by atoms with Crippen molar-refractivity contribution < 1.29 is 8.42 Å². The summed E-state index contributed by atoms with van der Waals surface area (Å²) < 4.78 is 25.2. The molecule has 0 aromatic carbocycles. The first-order chi connectivity index (χ1) is 12.5. The van der Waals surface area contributed by atoms with E-state index < -0.39 is 10.0 Å². The molecule has 1 saturated heterocycles. The molecular weight excluding hydrogens is 368 g/mol. The van der Waals surface area contributed by atoms with Crippen LogP contribution < -0.4 is 4.90 Å². The van der Waals surface area contributed by atoms with Gasteiger partial charge in [0.15, 0.2) is 0 Å². The summed E-state index contributed by atoms with van der Waals surface area (Å²) in [5, 5.41) is 1.25. The van der Waals surface area contributed by atoms with Crippen molar-refractivity contribution in [3.63, 3.8) is 0 Å². The molecule has 0 spiro atoms. The van der Waals surface area contributed by atoms with Crippen LogP contribution in [0.4, 0.5) is 5.82 Å². The van der Waals surface area contributed by atoms with Crippen molar-refractivity contribution >= 4 is 37.4 Å². The molecule has 8 heteroatoms. The number of hydrogen-bond acceptors (Lipinski definition) is 6. The summed E-state index contributed by atoms with van der Waals surface area (Å²) in [7, 11) is -3.11. The summed E-state index contributed by atoms with van der Waals surface area (Å²) in [6.07, 6.45) is 8.48. The SMILES string of the molecule is CS(=O)(=O)N1CCN(c2nc(C3CC3)nc3sc4c(c23)CCCC4)CC1. The molecule has 0 bridgehead atoms. The second-order valence-electron chi connectivity index (χ2n) is 7.72. The number of hydrogen-bond donors (Lipinski definition) is 0. The highest BCUT2D eigenvalue weighted by Gasteiger charge is 2.32. The maximum Gasteiger partial charge on any atom is 0.211 e. The van der Waals surface area contributed by atoms with Crippen LogP contribution in [-0.2, 0) is 22.9 Å². The largest absolute Gasteiger partial charge is 0.353 e. The number of sulfonamides is 1. The van der Waals surface area contributed by atoms with E-state index in [0.717, 1.165) is 29.3 Å². The third kappa shape index (κ3) is 2.92. The minimum absolute atomic E-state index is 0.523. The Morgan fingerprint density at radius 3 is 2.46 bits per heavy atom. The highest BCUT2D eigenvalue weighted by molar-refractivity contribution is 7.88. The average molecular weight is 393 g/mol. The lowest BCUT2D eigenvalue weighted by molar-refractivity contribution is 0.387. The van der Waals surface area contributed by atoms with Gasteiger partial charge < -0.3 is 4.90 Å². The van der Waals surface area contributed by atoms with Gasteiger partial charge in [0.25, 0.3) is 0 Å². The van der Waals surface area contributed by atoms with Crippen LogP contribution in [0, 0.1) is 0 Å². The van der Waals surface area contributed by atoms with Gasteiger partial charge in [0, 0.05) is 37.0 Å². The molecule has 1 aliphatic heterocycles. The van der Waals surface area contributed by atoms with Crippen LogP contribution in [0.15, 0.2) is 0 Å². The molecule has 1 saturated carbocycles. The molecule has 2 fully saturated rings. The van der Waals surface area contributed by atoms with Gasteiger partial charge in [-0.1, -0.05) is 0 Å². The Kier molecular flexibility index (Phi) is 3.99. The zero-order chi connectivity index (χ0) is 17.9. The van der Waals surface area contributed by atoms with Crippen LogP contribution in [0.3, 0.4) is 0 Å². The summed E-state index contributed by atoms with van der Waals surface area (Å²) >= 11 is 1.86. The van der Waals surface area contributed by atoms with Gasteiger partial charge >= 0.3 is 0 Å². The maximum absolute atomic E-state index is 11.8. The quantitative estimate of drug-likeness (QED) is 0.803. The molecule has 26 heavy (non-hydrogen) atoms. The number of thiophene rings is 1. The molecule has 140 valence electrons. The van der Waals surface area contributed by atoms with Gasteiger partial charge in [0.1, 0.15) is 16.5 Å². The fraction of sp³-hybridized carbons (Fsp3) is 0.667. The van der Waals surface area contributed by atoms with Gasteiger partial charge in [0.2, 0.25) is 10.0 Å². The van der Waals surface area contributed by atoms with Crippen molar-refractivity contribution in [1.82, 2.24) is 14.3 Å². The normalized spacial score (nSPS) is 22.0. The first-order valence-electron chi connectivity index (χ1n) is 9.53. The summed E-state index contributed by atoms with van der Waals surface area (Å²) in [6, 6.07) is 0. The summed E-state index contributed by atoms with van der Waals surface area (Å²) in [4.78, 5) is 14.9. The Labute approximate surface area is 158 Å². The molecule has 3 aliphatic rings. The van der Waals surface area contributed by atoms with E-state index in [0.29, 0.717) is 32.1 Å². The topological polar surface area (TPSA) is 66.4 Å². The Morgan fingerprint density at radius 1 is 1.04 bits per heavy atom. The van der Waals surface area contributed by atoms with E-state index >= 15 is 0 Å². The molecule has 0 unspecified atom stereocenters. The first-order valence-corrected chi connectivity index (χ1v) is 12.2. The molecule has 0 N–H and O–H groups in total. The second kappa shape index (κ2) is 6.14. The van der Waals surface area contributed by atoms with Gasteiger partial charge in [-0.15, -0.1) is 11.3 Å². The zero-order valence-corrected chi connectivity index (χ0v) is 16.7. The van der Waals surface area contributed by atoms with Gasteiger partial charge in [-0.05, 0) is 44.1 Å². The molecule has 5 rings (SSSR count). The minimum atomic E-state index is -3.11. The van der Waals surface area contributed by atoms with Gasteiger partial charge in [0.05, 0.1) is 11.6 Å². The van der Waals surface area contributed by atoms with Crippen molar-refractivity contribution in [2.45, 2.75) is 44.4 Å². The third-order valence-electron chi connectivity index (χ3n) is 5.76. The van der Waals surface area contributed by atoms with Crippen molar-refractivity contribution in [2.24, 2.45) is 0 Å². The Bertz CT molecular complexity index is 957. The molecule has 6 nitrogen and oxygen atoms in total. The monoisotopic (exact) mass is 392 g/mol. The number of piperazine rings is 1. The predicted molar refractivity (Wildman–Crippen MR) is 105 cm³/mol. The van der Waals surface area contributed by atoms with E-state index in [-0.39, 0.29) is 0 Å². The molecule has 0 radical (unpaired) electrons. The van der Waals surface area contributed by atoms with Crippen molar-refractivity contribution in [3.05, 3.63) is 16.3 Å². The predicted octanol–water partition coefficient (Wildman–Crippen LogP) is 2.53. The number of aromatic nitrogens is 2. The molecule has 2 aromatic rings. The van der Waals surface area contributed by atoms with Gasteiger partial charge in [-0.3, -0.25) is 0 Å². The molecule has 2 aromatic heterocycles. The standard InChI is InChI=1S/C18H24N4O2S2/c1-26(23,24)22-10-8-21(9-11-22)17-15-13-4-2-3-5-14(13)25-18(15)20-16(19-17)12-6-7-12/h12H,2-11H2,1H3. The van der Waals surface area contributed by atoms with Crippen molar-refractivity contribution in [3.8, 4) is 0 Å². The highest BCUT2D eigenvalue weighted by Crippen LogP contribution is 2.44. The third-order valence-corrected chi connectivity index (χ3v) is 8.25. The number of nitrogens with zero attached hydrogens (tertiary/aromatic N) is 4. The van der Waals surface area contributed by atoms with Crippen LogP contribution in [0.2, 0.25) is 0 Å². The van der Waals surface area contributed by atoms with E-state index in [9.17, 15) is 8.42 Å². The van der Waals surface area contributed by atoms with E-state index in [1.807, 2.05) is 11.3 Å². The molecule has 2 aliphatic carbocycles. The number of fused-ring (bicyclic) bond motifs is 3. The van der Waals surface area contributed by atoms with E-state index in [2.05, 4.69) is 4.90 Å². The smallest absolute Gasteiger partial charge is 0.211 e. The molecule has 0 amide bonds.